The molecule has 3 aromatic rings. The summed E-state index contributed by atoms with van der Waals surface area (Å²) in [6.45, 7) is 4.27. The Morgan fingerprint density at radius 1 is 1.14 bits per heavy atom. The van der Waals surface area contributed by atoms with Crippen LogP contribution in [0.2, 0.25) is 0 Å². The maximum atomic E-state index is 12.6. The molecule has 4 rings (SSSR count). The zero-order chi connectivity index (χ0) is 20.4. The van der Waals surface area contributed by atoms with Crippen molar-refractivity contribution in [2.75, 3.05) is 19.8 Å². The Labute approximate surface area is 166 Å². The molecule has 150 valence electrons. The molecule has 0 saturated heterocycles. The van der Waals surface area contributed by atoms with Gasteiger partial charge in [0, 0.05) is 28.7 Å². The van der Waals surface area contributed by atoms with Crippen LogP contribution in [0.3, 0.4) is 0 Å². The normalized spacial score (nSPS) is 12.6. The van der Waals surface area contributed by atoms with Crippen LogP contribution in [0.15, 0.2) is 30.6 Å². The van der Waals surface area contributed by atoms with Crippen molar-refractivity contribution >= 4 is 11.8 Å². The molecule has 2 aromatic heterocycles. The molecule has 0 bridgehead atoms. The summed E-state index contributed by atoms with van der Waals surface area (Å²) in [5, 5.41) is 10.5. The highest BCUT2D eigenvalue weighted by molar-refractivity contribution is 5.99. The largest absolute Gasteiger partial charge is 0.486 e. The quantitative estimate of drug-likeness (QED) is 0.452. The molecule has 1 aromatic carbocycles. The van der Waals surface area contributed by atoms with Gasteiger partial charge in [0.2, 0.25) is 5.78 Å². The molecule has 0 amide bonds. The van der Waals surface area contributed by atoms with Crippen LogP contribution in [0.1, 0.15) is 21.7 Å². The van der Waals surface area contributed by atoms with E-state index in [2.05, 4.69) is 15.5 Å². The maximum Gasteiger partial charge on any atom is 0.328 e. The third kappa shape index (κ3) is 3.82. The minimum atomic E-state index is -0.591. The average Bonchev–Trinajstić information content (AvgIpc) is 3.33. The van der Waals surface area contributed by atoms with E-state index in [0.717, 1.165) is 17.1 Å². The molecule has 0 atom stereocenters. The molecule has 0 unspecified atom stereocenters. The molecule has 1 aliphatic rings. The van der Waals surface area contributed by atoms with E-state index in [1.54, 1.807) is 6.07 Å². The fourth-order valence-corrected chi connectivity index (χ4v) is 3.27. The smallest absolute Gasteiger partial charge is 0.328 e. The zero-order valence-corrected chi connectivity index (χ0v) is 16.0. The van der Waals surface area contributed by atoms with Crippen LogP contribution in [0.25, 0.3) is 5.69 Å². The number of carbonyl (C=O) groups is 2. The van der Waals surface area contributed by atoms with Crippen molar-refractivity contribution in [1.82, 2.24) is 24.8 Å². The van der Waals surface area contributed by atoms with Crippen LogP contribution < -0.4 is 9.47 Å². The summed E-state index contributed by atoms with van der Waals surface area (Å²) in [6.07, 6.45) is 1.30. The molecule has 1 aliphatic heterocycles. The maximum absolute atomic E-state index is 12.6. The summed E-state index contributed by atoms with van der Waals surface area (Å²) >= 11 is 0. The molecule has 10 heteroatoms. The number of aromatic nitrogens is 5. The Balaban J connectivity index is 1.49. The van der Waals surface area contributed by atoms with Gasteiger partial charge in [-0.15, -0.1) is 5.10 Å². The first kappa shape index (κ1) is 18.7. The van der Waals surface area contributed by atoms with Crippen molar-refractivity contribution in [2.45, 2.75) is 20.4 Å². The summed E-state index contributed by atoms with van der Waals surface area (Å²) in [5.74, 6) is 0.497. The summed E-state index contributed by atoms with van der Waals surface area (Å²) in [5.41, 5.74) is 2.98. The number of benzene rings is 1. The van der Waals surface area contributed by atoms with Gasteiger partial charge in [0.15, 0.2) is 18.1 Å². The Bertz CT molecular complexity index is 1060. The molecule has 10 nitrogen and oxygen atoms in total. The summed E-state index contributed by atoms with van der Waals surface area (Å²) in [6, 6.07) is 7.43. The molecular formula is C19H19N5O5. The van der Waals surface area contributed by atoms with E-state index >= 15 is 0 Å². The number of fused-ring (bicyclic) bond motifs is 1. The number of carbonyl (C=O) groups excluding carboxylic acids is 2. The van der Waals surface area contributed by atoms with E-state index in [9.17, 15) is 9.59 Å². The van der Waals surface area contributed by atoms with Crippen LogP contribution in [-0.2, 0) is 16.1 Å². The minimum Gasteiger partial charge on any atom is -0.486 e. The van der Waals surface area contributed by atoms with Gasteiger partial charge in [-0.3, -0.25) is 9.59 Å². The first-order chi connectivity index (χ1) is 14.0. The molecule has 0 saturated carbocycles. The van der Waals surface area contributed by atoms with E-state index in [1.165, 1.54) is 11.0 Å². The van der Waals surface area contributed by atoms with E-state index < -0.39 is 5.97 Å². The highest BCUT2D eigenvalue weighted by Crippen LogP contribution is 2.33. The third-order valence-electron chi connectivity index (χ3n) is 4.56. The predicted molar refractivity (Wildman–Crippen MR) is 99.3 cm³/mol. The molecule has 29 heavy (non-hydrogen) atoms. The van der Waals surface area contributed by atoms with Crippen molar-refractivity contribution < 1.29 is 23.8 Å². The molecule has 0 N–H and O–H groups in total. The fraction of sp³-hybridized carbons (Fsp3) is 0.316. The first-order valence-electron chi connectivity index (χ1n) is 9.01. The SMILES string of the molecule is Cc1cc(C(=O)COC(=O)Cn2cnnn2)c(C)n1-c1ccc2c(c1)OCCO2. The number of tetrazole rings is 1. The Morgan fingerprint density at radius 2 is 1.93 bits per heavy atom. The molecule has 0 aliphatic carbocycles. The lowest BCUT2D eigenvalue weighted by atomic mass is 10.1. The second kappa shape index (κ2) is 7.74. The van der Waals surface area contributed by atoms with Crippen molar-refractivity contribution in [3.63, 3.8) is 0 Å². The van der Waals surface area contributed by atoms with Crippen molar-refractivity contribution in [1.29, 1.82) is 0 Å². The summed E-state index contributed by atoms with van der Waals surface area (Å²) < 4.78 is 19.4. The van der Waals surface area contributed by atoms with Crippen molar-refractivity contribution in [2.24, 2.45) is 0 Å². The van der Waals surface area contributed by atoms with Gasteiger partial charge < -0.3 is 18.8 Å². The predicted octanol–water partition coefficient (Wildman–Crippen LogP) is 1.28. The number of ketones is 1. The van der Waals surface area contributed by atoms with Gasteiger partial charge in [-0.05, 0) is 42.5 Å². The van der Waals surface area contributed by atoms with Gasteiger partial charge >= 0.3 is 5.97 Å². The molecule has 0 spiro atoms. The lowest BCUT2D eigenvalue weighted by Crippen LogP contribution is -2.19. The number of nitrogens with zero attached hydrogens (tertiary/aromatic N) is 5. The van der Waals surface area contributed by atoms with E-state index in [0.29, 0.717) is 30.3 Å². The minimum absolute atomic E-state index is 0.156. The van der Waals surface area contributed by atoms with Gasteiger partial charge in [0.25, 0.3) is 0 Å². The van der Waals surface area contributed by atoms with Crippen LogP contribution in [0.5, 0.6) is 11.5 Å². The summed E-state index contributed by atoms with van der Waals surface area (Å²) in [7, 11) is 0. The lowest BCUT2D eigenvalue weighted by Gasteiger charge is -2.20. The number of esters is 1. The number of ether oxygens (including phenoxy) is 3. The average molecular weight is 397 g/mol. The Morgan fingerprint density at radius 3 is 2.69 bits per heavy atom. The third-order valence-corrected chi connectivity index (χ3v) is 4.56. The number of hydrogen-bond acceptors (Lipinski definition) is 8. The van der Waals surface area contributed by atoms with Crippen molar-refractivity contribution in [3.8, 4) is 17.2 Å². The molecule has 0 radical (unpaired) electrons. The van der Waals surface area contributed by atoms with E-state index in [4.69, 9.17) is 14.2 Å². The second-order valence-corrected chi connectivity index (χ2v) is 6.54. The van der Waals surface area contributed by atoms with Crippen LogP contribution >= 0.6 is 0 Å². The van der Waals surface area contributed by atoms with Gasteiger partial charge in [0.1, 0.15) is 26.1 Å². The number of rotatable bonds is 6. The van der Waals surface area contributed by atoms with Gasteiger partial charge in [0.05, 0.1) is 0 Å². The second-order valence-electron chi connectivity index (χ2n) is 6.54. The summed E-state index contributed by atoms with van der Waals surface area (Å²) in [4.78, 5) is 24.5. The fourth-order valence-electron chi connectivity index (χ4n) is 3.27. The van der Waals surface area contributed by atoms with Crippen LogP contribution in [-0.4, -0.2) is 56.3 Å². The van der Waals surface area contributed by atoms with Gasteiger partial charge in [-0.2, -0.15) is 0 Å². The van der Waals surface area contributed by atoms with Gasteiger partial charge in [-0.25, -0.2) is 4.68 Å². The topological polar surface area (TPSA) is 110 Å². The number of hydrogen-bond donors (Lipinski definition) is 0. The first-order valence-corrected chi connectivity index (χ1v) is 9.01. The molecule has 3 heterocycles. The standard InChI is InChI=1S/C19H19N5O5/c1-12-7-15(16(25)10-29-19(26)9-23-11-20-21-22-23)13(2)24(12)14-3-4-17-18(8-14)28-6-5-27-17/h3-4,7-8,11H,5-6,9-10H2,1-2H3. The van der Waals surface area contributed by atoms with E-state index in [1.807, 2.05) is 36.6 Å². The van der Waals surface area contributed by atoms with Crippen molar-refractivity contribution in [3.05, 3.63) is 47.5 Å². The van der Waals surface area contributed by atoms with Crippen LogP contribution in [0, 0.1) is 13.8 Å². The molecular weight excluding hydrogens is 378 g/mol. The Hall–Kier alpha value is -3.69. The van der Waals surface area contributed by atoms with Crippen LogP contribution in [0.4, 0.5) is 0 Å². The monoisotopic (exact) mass is 397 g/mol. The number of aryl methyl sites for hydroxylation is 1. The number of Topliss-reactive ketones (excluding diaryl/α,β-unsaturated/α-hetero) is 1. The van der Waals surface area contributed by atoms with Gasteiger partial charge in [-0.1, -0.05) is 0 Å². The highest BCUT2D eigenvalue weighted by Gasteiger charge is 2.20. The van der Waals surface area contributed by atoms with E-state index in [-0.39, 0.29) is 18.9 Å². The highest BCUT2D eigenvalue weighted by atomic mass is 16.6. The molecule has 0 fully saturated rings. The lowest BCUT2D eigenvalue weighted by molar-refractivity contribution is -0.143. The zero-order valence-electron chi connectivity index (χ0n) is 16.0. The Kier molecular flexibility index (Phi) is 4.98.